The van der Waals surface area contributed by atoms with Crippen LogP contribution in [0.4, 0.5) is 19.0 Å². The van der Waals surface area contributed by atoms with Crippen LogP contribution in [0.15, 0.2) is 54.9 Å². The van der Waals surface area contributed by atoms with Crippen LogP contribution in [-0.4, -0.2) is 30.3 Å². The smallest absolute Gasteiger partial charge is 0.304 e. The van der Waals surface area contributed by atoms with Crippen LogP contribution in [0.3, 0.4) is 0 Å². The fourth-order valence-electron chi connectivity index (χ4n) is 2.71. The van der Waals surface area contributed by atoms with Gasteiger partial charge < -0.3 is 5.32 Å². The number of alkyl halides is 3. The van der Waals surface area contributed by atoms with E-state index in [2.05, 4.69) is 20.5 Å². The molecular weight excluding hydrogens is 373 g/mol. The number of fused-ring (bicyclic) bond motifs is 1. The lowest BCUT2D eigenvalue weighted by Gasteiger charge is -2.09. The zero-order chi connectivity index (χ0) is 19.9. The van der Waals surface area contributed by atoms with Gasteiger partial charge in [0.05, 0.1) is 17.5 Å². The molecule has 1 amide bonds. The summed E-state index contributed by atoms with van der Waals surface area (Å²) in [4.78, 5) is 16.4. The van der Waals surface area contributed by atoms with E-state index in [1.165, 1.54) is 21.5 Å². The van der Waals surface area contributed by atoms with Gasteiger partial charge in [0.15, 0.2) is 17.2 Å². The Labute approximate surface area is 156 Å². The van der Waals surface area contributed by atoms with Crippen LogP contribution in [0.2, 0.25) is 0 Å². The molecule has 142 valence electrons. The van der Waals surface area contributed by atoms with Gasteiger partial charge in [0.1, 0.15) is 0 Å². The molecular formula is C18H13F3N6O. The van der Waals surface area contributed by atoms with Crippen molar-refractivity contribution in [3.8, 4) is 11.3 Å². The van der Waals surface area contributed by atoms with Crippen LogP contribution in [0.1, 0.15) is 16.1 Å². The van der Waals surface area contributed by atoms with E-state index in [0.29, 0.717) is 16.9 Å². The average Bonchev–Trinajstić information content (AvgIpc) is 3.27. The van der Waals surface area contributed by atoms with Crippen LogP contribution >= 0.6 is 0 Å². The number of halogens is 3. The van der Waals surface area contributed by atoms with Crippen LogP contribution in [-0.2, 0) is 13.2 Å². The number of anilines is 1. The predicted octanol–water partition coefficient (Wildman–Crippen LogP) is 3.40. The molecule has 0 radical (unpaired) electrons. The number of amides is 1. The fourth-order valence-corrected chi connectivity index (χ4v) is 2.71. The molecule has 3 aromatic heterocycles. The third-order valence-electron chi connectivity index (χ3n) is 4.04. The van der Waals surface area contributed by atoms with E-state index in [4.69, 9.17) is 0 Å². The van der Waals surface area contributed by atoms with Gasteiger partial charge in [-0.05, 0) is 30.3 Å². The Hall–Kier alpha value is -3.69. The first-order chi connectivity index (χ1) is 13.3. The van der Waals surface area contributed by atoms with Crippen molar-refractivity contribution in [2.45, 2.75) is 6.18 Å². The van der Waals surface area contributed by atoms with Crippen LogP contribution in [0, 0.1) is 0 Å². The van der Waals surface area contributed by atoms with Gasteiger partial charge in [0, 0.05) is 18.8 Å². The van der Waals surface area contributed by atoms with E-state index < -0.39 is 17.6 Å². The highest BCUT2D eigenvalue weighted by molar-refractivity contribution is 6.02. The monoisotopic (exact) mass is 386 g/mol. The maximum Gasteiger partial charge on any atom is 0.416 e. The molecule has 0 bridgehead atoms. The Kier molecular flexibility index (Phi) is 4.10. The summed E-state index contributed by atoms with van der Waals surface area (Å²) in [5, 5.41) is 10.9. The molecule has 0 atom stereocenters. The van der Waals surface area contributed by atoms with Gasteiger partial charge in [-0.15, -0.1) is 5.10 Å². The first-order valence-corrected chi connectivity index (χ1v) is 8.15. The summed E-state index contributed by atoms with van der Waals surface area (Å²) >= 11 is 0. The normalized spacial score (nSPS) is 11.7. The second-order valence-corrected chi connectivity index (χ2v) is 6.04. The predicted molar refractivity (Wildman–Crippen MR) is 94.6 cm³/mol. The molecule has 4 aromatic rings. The number of nitrogens with zero attached hydrogens (tertiary/aromatic N) is 5. The first kappa shape index (κ1) is 17.7. The largest absolute Gasteiger partial charge is 0.416 e. The Balaban J connectivity index is 1.70. The minimum absolute atomic E-state index is 0.216. The van der Waals surface area contributed by atoms with Crippen molar-refractivity contribution in [2.75, 3.05) is 5.32 Å². The number of carbonyl (C=O) groups is 1. The molecule has 0 aliphatic rings. The number of aryl methyl sites for hydroxylation is 1. The minimum Gasteiger partial charge on any atom is -0.304 e. The van der Waals surface area contributed by atoms with E-state index >= 15 is 0 Å². The molecule has 10 heteroatoms. The molecule has 0 aliphatic heterocycles. The minimum atomic E-state index is -4.45. The number of aromatic nitrogens is 5. The molecule has 1 N–H and O–H groups in total. The van der Waals surface area contributed by atoms with Crippen molar-refractivity contribution in [2.24, 2.45) is 7.05 Å². The Morgan fingerprint density at radius 1 is 1.11 bits per heavy atom. The SMILES string of the molecule is Cn1ccc(C(=O)Nc2ccc3ncc(-c4cccc(C(F)(F)F)c4)n3n2)n1. The molecule has 0 aliphatic carbocycles. The molecule has 0 unspecified atom stereocenters. The number of benzene rings is 1. The molecule has 7 nitrogen and oxygen atoms in total. The third kappa shape index (κ3) is 3.31. The lowest BCUT2D eigenvalue weighted by Crippen LogP contribution is -2.15. The summed E-state index contributed by atoms with van der Waals surface area (Å²) in [5.41, 5.74) is 0.564. The first-order valence-electron chi connectivity index (χ1n) is 8.15. The number of imidazole rings is 1. The van der Waals surface area contributed by atoms with Gasteiger partial charge >= 0.3 is 6.18 Å². The molecule has 3 heterocycles. The van der Waals surface area contributed by atoms with E-state index in [9.17, 15) is 18.0 Å². The highest BCUT2D eigenvalue weighted by Crippen LogP contribution is 2.32. The third-order valence-corrected chi connectivity index (χ3v) is 4.04. The van der Waals surface area contributed by atoms with Crippen molar-refractivity contribution in [1.29, 1.82) is 0 Å². The number of nitrogens with one attached hydrogen (secondary N) is 1. The Bertz CT molecular complexity index is 1180. The van der Waals surface area contributed by atoms with E-state index in [0.717, 1.165) is 12.1 Å². The summed E-state index contributed by atoms with van der Waals surface area (Å²) in [5.74, 6) is -0.234. The van der Waals surface area contributed by atoms with Crippen molar-refractivity contribution in [1.82, 2.24) is 24.4 Å². The van der Waals surface area contributed by atoms with Crippen molar-refractivity contribution < 1.29 is 18.0 Å². The van der Waals surface area contributed by atoms with Crippen molar-refractivity contribution in [3.63, 3.8) is 0 Å². The summed E-state index contributed by atoms with van der Waals surface area (Å²) in [6, 6.07) is 9.61. The zero-order valence-corrected chi connectivity index (χ0v) is 14.5. The summed E-state index contributed by atoms with van der Waals surface area (Å²) in [6.45, 7) is 0. The molecule has 0 saturated carbocycles. The average molecular weight is 386 g/mol. The molecule has 0 saturated heterocycles. The van der Waals surface area contributed by atoms with Crippen molar-refractivity contribution >= 4 is 17.4 Å². The standard InChI is InChI=1S/C18H13F3N6O/c1-26-8-7-13(24-26)17(28)23-15-5-6-16-22-10-14(27(16)25-15)11-3-2-4-12(9-11)18(19,20)21/h2-10H,1H3,(H,23,25,28). The lowest BCUT2D eigenvalue weighted by atomic mass is 10.1. The fraction of sp³-hybridized carbons (Fsp3) is 0.111. The summed E-state index contributed by atoms with van der Waals surface area (Å²) in [6.07, 6.45) is -1.39. The quantitative estimate of drug-likeness (QED) is 0.586. The maximum absolute atomic E-state index is 13.0. The lowest BCUT2D eigenvalue weighted by molar-refractivity contribution is -0.137. The van der Waals surface area contributed by atoms with Gasteiger partial charge in [-0.2, -0.15) is 18.3 Å². The maximum atomic E-state index is 13.0. The topological polar surface area (TPSA) is 77.1 Å². The summed E-state index contributed by atoms with van der Waals surface area (Å²) in [7, 11) is 1.69. The van der Waals surface area contributed by atoms with Gasteiger partial charge in [0.2, 0.25) is 0 Å². The molecule has 0 fully saturated rings. The van der Waals surface area contributed by atoms with Crippen LogP contribution in [0.25, 0.3) is 16.9 Å². The van der Waals surface area contributed by atoms with Crippen LogP contribution < -0.4 is 5.32 Å². The van der Waals surface area contributed by atoms with Gasteiger partial charge in [-0.25, -0.2) is 9.50 Å². The molecule has 1 aromatic carbocycles. The molecule has 4 rings (SSSR count). The second kappa shape index (κ2) is 6.48. The van der Waals surface area contributed by atoms with E-state index in [-0.39, 0.29) is 11.5 Å². The summed E-state index contributed by atoms with van der Waals surface area (Å²) < 4.78 is 41.9. The van der Waals surface area contributed by atoms with E-state index in [1.807, 2.05) is 0 Å². The Morgan fingerprint density at radius 3 is 2.64 bits per heavy atom. The number of rotatable bonds is 3. The van der Waals surface area contributed by atoms with Gasteiger partial charge in [-0.3, -0.25) is 9.48 Å². The van der Waals surface area contributed by atoms with Gasteiger partial charge in [0.25, 0.3) is 5.91 Å². The highest BCUT2D eigenvalue weighted by atomic mass is 19.4. The molecule has 28 heavy (non-hydrogen) atoms. The van der Waals surface area contributed by atoms with Gasteiger partial charge in [-0.1, -0.05) is 12.1 Å². The van der Waals surface area contributed by atoms with E-state index in [1.54, 1.807) is 37.5 Å². The zero-order valence-electron chi connectivity index (χ0n) is 14.5. The number of hydrogen-bond acceptors (Lipinski definition) is 4. The number of carbonyl (C=O) groups excluding carboxylic acids is 1. The van der Waals surface area contributed by atoms with Crippen LogP contribution in [0.5, 0.6) is 0 Å². The highest BCUT2D eigenvalue weighted by Gasteiger charge is 2.30. The Morgan fingerprint density at radius 2 is 1.93 bits per heavy atom. The number of hydrogen-bond donors (Lipinski definition) is 1. The van der Waals surface area contributed by atoms with Crippen molar-refractivity contribution in [3.05, 3.63) is 66.1 Å². The second-order valence-electron chi connectivity index (χ2n) is 6.04. The molecule has 0 spiro atoms.